The fourth-order valence-corrected chi connectivity index (χ4v) is 2.36. The Labute approximate surface area is 102 Å². The van der Waals surface area contributed by atoms with Crippen LogP contribution in [0, 0.1) is 0 Å². The van der Waals surface area contributed by atoms with Crippen LogP contribution in [0.15, 0.2) is 12.3 Å². The van der Waals surface area contributed by atoms with E-state index in [2.05, 4.69) is 4.98 Å². The van der Waals surface area contributed by atoms with Crippen LogP contribution in [0.3, 0.4) is 0 Å². The zero-order valence-corrected chi connectivity index (χ0v) is 10.2. The summed E-state index contributed by atoms with van der Waals surface area (Å²) in [5, 5.41) is 18.6. The van der Waals surface area contributed by atoms with Crippen LogP contribution in [0.4, 0.5) is 0 Å². The summed E-state index contributed by atoms with van der Waals surface area (Å²) >= 11 is 13.1. The lowest BCUT2D eigenvalue weighted by atomic mass is 10.3. The van der Waals surface area contributed by atoms with Crippen molar-refractivity contribution in [2.75, 3.05) is 12.4 Å². The van der Waals surface area contributed by atoms with Gasteiger partial charge >= 0.3 is 0 Å². The molecule has 1 heterocycles. The molecule has 1 atom stereocenters. The predicted molar refractivity (Wildman–Crippen MR) is 63.5 cm³/mol. The van der Waals surface area contributed by atoms with Crippen molar-refractivity contribution in [3.63, 3.8) is 0 Å². The molecule has 0 amide bonds. The fourth-order valence-electron chi connectivity index (χ4n) is 0.900. The van der Waals surface area contributed by atoms with Gasteiger partial charge in [-0.25, -0.2) is 4.98 Å². The molecule has 15 heavy (non-hydrogen) atoms. The zero-order chi connectivity index (χ0) is 11.3. The Hall–Kier alpha value is -0.000000000000000111. The van der Waals surface area contributed by atoms with Gasteiger partial charge in [0.1, 0.15) is 5.15 Å². The summed E-state index contributed by atoms with van der Waals surface area (Å²) in [6.45, 7) is -0.223. The van der Waals surface area contributed by atoms with Crippen LogP contribution in [0.1, 0.15) is 5.56 Å². The lowest BCUT2D eigenvalue weighted by molar-refractivity contribution is 0.113. The number of hydrogen-bond donors (Lipinski definition) is 2. The number of thioether (sulfide) groups is 1. The second kappa shape index (κ2) is 6.55. The molecule has 0 aliphatic heterocycles. The Morgan fingerprint density at radius 2 is 2.20 bits per heavy atom. The first-order valence-corrected chi connectivity index (χ1v) is 6.21. The summed E-state index contributed by atoms with van der Waals surface area (Å²) < 4.78 is 0. The molecule has 0 aliphatic carbocycles. The van der Waals surface area contributed by atoms with Crippen LogP contribution in [-0.2, 0) is 5.75 Å². The van der Waals surface area contributed by atoms with Gasteiger partial charge in [-0.15, -0.1) is 0 Å². The van der Waals surface area contributed by atoms with Crippen molar-refractivity contribution in [3.8, 4) is 0 Å². The Morgan fingerprint density at radius 3 is 2.80 bits per heavy atom. The first kappa shape index (κ1) is 13.1. The SMILES string of the molecule is OCC(O)CSCc1cnc(Cl)cc1Cl. The Bertz CT molecular complexity index is 325. The third-order valence-electron chi connectivity index (χ3n) is 1.67. The van der Waals surface area contributed by atoms with E-state index in [1.165, 1.54) is 11.8 Å². The van der Waals surface area contributed by atoms with Crippen LogP contribution in [0.2, 0.25) is 10.2 Å². The van der Waals surface area contributed by atoms with Gasteiger partial charge in [0.15, 0.2) is 0 Å². The van der Waals surface area contributed by atoms with E-state index in [-0.39, 0.29) is 6.61 Å². The topological polar surface area (TPSA) is 53.4 Å². The summed E-state index contributed by atoms with van der Waals surface area (Å²) in [4.78, 5) is 3.91. The zero-order valence-electron chi connectivity index (χ0n) is 7.86. The number of pyridine rings is 1. The molecule has 3 nitrogen and oxygen atoms in total. The molecular formula is C9H11Cl2NO2S. The number of aliphatic hydroxyl groups is 2. The highest BCUT2D eigenvalue weighted by molar-refractivity contribution is 7.98. The quantitative estimate of drug-likeness (QED) is 0.802. The predicted octanol–water partition coefficient (Wildman–Crippen LogP) is 1.97. The average molecular weight is 268 g/mol. The largest absolute Gasteiger partial charge is 0.394 e. The maximum atomic E-state index is 9.11. The highest BCUT2D eigenvalue weighted by Crippen LogP contribution is 2.23. The third kappa shape index (κ3) is 4.57. The lowest BCUT2D eigenvalue weighted by Crippen LogP contribution is -2.14. The number of hydrogen-bond acceptors (Lipinski definition) is 4. The molecular weight excluding hydrogens is 257 g/mol. The molecule has 1 unspecified atom stereocenters. The van der Waals surface area contributed by atoms with Gasteiger partial charge in [-0.05, 0) is 11.6 Å². The summed E-state index contributed by atoms with van der Waals surface area (Å²) in [6, 6.07) is 1.58. The second-order valence-corrected chi connectivity index (χ2v) is 4.77. The van der Waals surface area contributed by atoms with Crippen LogP contribution in [0.5, 0.6) is 0 Å². The van der Waals surface area contributed by atoms with Crippen molar-refractivity contribution >= 4 is 35.0 Å². The van der Waals surface area contributed by atoms with Crippen LogP contribution < -0.4 is 0 Å². The number of halogens is 2. The Morgan fingerprint density at radius 1 is 1.47 bits per heavy atom. The van der Waals surface area contributed by atoms with E-state index in [0.29, 0.717) is 21.7 Å². The molecule has 0 bridgehead atoms. The van der Waals surface area contributed by atoms with E-state index in [1.807, 2.05) is 0 Å². The molecule has 84 valence electrons. The van der Waals surface area contributed by atoms with Gasteiger partial charge in [0, 0.05) is 22.7 Å². The Balaban J connectivity index is 2.44. The number of aliphatic hydroxyl groups excluding tert-OH is 2. The van der Waals surface area contributed by atoms with Gasteiger partial charge in [-0.2, -0.15) is 11.8 Å². The maximum Gasteiger partial charge on any atom is 0.130 e. The van der Waals surface area contributed by atoms with E-state index in [1.54, 1.807) is 12.3 Å². The fraction of sp³-hybridized carbons (Fsp3) is 0.444. The first-order chi connectivity index (χ1) is 7.13. The number of nitrogens with zero attached hydrogens (tertiary/aromatic N) is 1. The van der Waals surface area contributed by atoms with E-state index >= 15 is 0 Å². The van der Waals surface area contributed by atoms with Gasteiger partial charge in [0.05, 0.1) is 12.7 Å². The van der Waals surface area contributed by atoms with Crippen molar-refractivity contribution < 1.29 is 10.2 Å². The average Bonchev–Trinajstić information content (AvgIpc) is 2.21. The molecule has 1 aromatic heterocycles. The highest BCUT2D eigenvalue weighted by Gasteiger charge is 2.05. The summed E-state index contributed by atoms with van der Waals surface area (Å²) in [6.07, 6.45) is 0.928. The van der Waals surface area contributed by atoms with E-state index in [9.17, 15) is 0 Å². The smallest absolute Gasteiger partial charge is 0.130 e. The van der Waals surface area contributed by atoms with Crippen LogP contribution in [-0.4, -0.2) is 33.7 Å². The standard InChI is InChI=1S/C9H11Cl2NO2S/c10-8-1-9(11)12-2-6(8)4-15-5-7(14)3-13/h1-2,7,13-14H,3-5H2. The minimum Gasteiger partial charge on any atom is -0.394 e. The minimum absolute atomic E-state index is 0.223. The van der Waals surface area contributed by atoms with E-state index in [4.69, 9.17) is 33.4 Å². The normalized spacial score (nSPS) is 12.8. The third-order valence-corrected chi connectivity index (χ3v) is 3.37. The van der Waals surface area contributed by atoms with Crippen molar-refractivity contribution in [2.45, 2.75) is 11.9 Å². The maximum absolute atomic E-state index is 9.11. The van der Waals surface area contributed by atoms with Gasteiger partial charge in [0.2, 0.25) is 0 Å². The van der Waals surface area contributed by atoms with Crippen molar-refractivity contribution in [2.24, 2.45) is 0 Å². The van der Waals surface area contributed by atoms with Crippen molar-refractivity contribution in [1.29, 1.82) is 0 Å². The van der Waals surface area contributed by atoms with E-state index in [0.717, 1.165) is 5.56 Å². The number of rotatable bonds is 5. The monoisotopic (exact) mass is 267 g/mol. The molecule has 2 N–H and O–H groups in total. The van der Waals surface area contributed by atoms with E-state index < -0.39 is 6.10 Å². The molecule has 0 aliphatic rings. The summed E-state index contributed by atoms with van der Waals surface area (Å²) in [5.41, 5.74) is 0.871. The molecule has 0 saturated carbocycles. The van der Waals surface area contributed by atoms with Gasteiger partial charge in [-0.3, -0.25) is 0 Å². The molecule has 1 rings (SSSR count). The second-order valence-electron chi connectivity index (χ2n) is 2.95. The van der Waals surface area contributed by atoms with Crippen molar-refractivity contribution in [3.05, 3.63) is 28.0 Å². The van der Waals surface area contributed by atoms with Crippen molar-refractivity contribution in [1.82, 2.24) is 4.98 Å². The minimum atomic E-state index is -0.686. The molecule has 1 aromatic rings. The summed E-state index contributed by atoms with van der Waals surface area (Å²) in [7, 11) is 0. The van der Waals surface area contributed by atoms with Crippen LogP contribution >= 0.6 is 35.0 Å². The molecule has 0 radical (unpaired) electrons. The molecule has 0 fully saturated rings. The molecule has 0 aromatic carbocycles. The highest BCUT2D eigenvalue weighted by atomic mass is 35.5. The Kier molecular flexibility index (Phi) is 5.71. The molecule has 0 saturated heterocycles. The van der Waals surface area contributed by atoms with Gasteiger partial charge < -0.3 is 10.2 Å². The number of aromatic nitrogens is 1. The van der Waals surface area contributed by atoms with Gasteiger partial charge in [-0.1, -0.05) is 23.2 Å². The molecule has 0 spiro atoms. The first-order valence-electron chi connectivity index (χ1n) is 4.30. The molecule has 6 heteroatoms. The van der Waals surface area contributed by atoms with Gasteiger partial charge in [0.25, 0.3) is 0 Å². The summed E-state index contributed by atoms with van der Waals surface area (Å²) in [5.74, 6) is 1.11. The lowest BCUT2D eigenvalue weighted by Gasteiger charge is -2.07. The van der Waals surface area contributed by atoms with Crippen LogP contribution in [0.25, 0.3) is 0 Å².